The average Bonchev–Trinajstić information content (AvgIpc) is 2.86. The van der Waals surface area contributed by atoms with Gasteiger partial charge in [0.2, 0.25) is 5.91 Å². The van der Waals surface area contributed by atoms with Crippen molar-refractivity contribution < 1.29 is 14.7 Å². The number of nitrogens with two attached hydrogens (primary N) is 1. The molecule has 1 aromatic heterocycles. The number of aromatic amines is 1. The molecule has 0 aliphatic carbocycles. The van der Waals surface area contributed by atoms with Crippen LogP contribution in [0.2, 0.25) is 0 Å². The van der Waals surface area contributed by atoms with Crippen LogP contribution in [-0.4, -0.2) is 22.0 Å². The summed E-state index contributed by atoms with van der Waals surface area (Å²) in [6.45, 7) is 5.94. The van der Waals surface area contributed by atoms with E-state index in [2.05, 4.69) is 11.9 Å². The smallest absolute Gasteiger partial charge is 0.336 e. The van der Waals surface area contributed by atoms with Crippen molar-refractivity contribution in [1.82, 2.24) is 4.98 Å². The largest absolute Gasteiger partial charge is 0.478 e. The fourth-order valence-corrected chi connectivity index (χ4v) is 3.30. The molecule has 0 radical (unpaired) electrons. The Morgan fingerprint density at radius 3 is 2.46 bits per heavy atom. The van der Waals surface area contributed by atoms with Gasteiger partial charge in [0.25, 0.3) is 0 Å². The summed E-state index contributed by atoms with van der Waals surface area (Å²) in [6, 6.07) is 1.71. The van der Waals surface area contributed by atoms with E-state index in [0.29, 0.717) is 18.4 Å². The number of amides is 1. The van der Waals surface area contributed by atoms with Gasteiger partial charge in [0.05, 0.1) is 5.56 Å². The van der Waals surface area contributed by atoms with Gasteiger partial charge in [-0.05, 0) is 55.9 Å². The molecule has 4 N–H and O–H groups in total. The number of nitrogens with one attached hydrogen (secondary N) is 1. The Morgan fingerprint density at radius 1 is 1.17 bits per heavy atom. The zero-order chi connectivity index (χ0) is 17.9. The number of carbonyl (C=O) groups is 2. The minimum absolute atomic E-state index is 0.299. The fraction of sp³-hybridized carbons (Fsp3) is 0.474. The lowest BCUT2D eigenvalue weighted by molar-refractivity contribution is -0.117. The monoisotopic (exact) mass is 330 g/mol. The second kappa shape index (κ2) is 7.51. The van der Waals surface area contributed by atoms with Crippen molar-refractivity contribution in [3.63, 3.8) is 0 Å². The predicted octanol–water partition coefficient (Wildman–Crippen LogP) is 3.63. The van der Waals surface area contributed by atoms with Gasteiger partial charge in [-0.1, -0.05) is 19.8 Å². The minimum atomic E-state index is -0.918. The predicted molar refractivity (Wildman–Crippen MR) is 95.5 cm³/mol. The first-order chi connectivity index (χ1) is 11.4. The average molecular weight is 330 g/mol. The number of aromatic carboxylic acids is 1. The highest BCUT2D eigenvalue weighted by atomic mass is 16.4. The topological polar surface area (TPSA) is 96.2 Å². The zero-order valence-electron chi connectivity index (χ0n) is 14.7. The molecule has 0 saturated heterocycles. The van der Waals surface area contributed by atoms with Gasteiger partial charge in [0, 0.05) is 23.0 Å². The first-order valence-electron chi connectivity index (χ1n) is 8.52. The third kappa shape index (κ3) is 3.61. The van der Waals surface area contributed by atoms with Gasteiger partial charge in [-0.2, -0.15) is 0 Å². The van der Waals surface area contributed by atoms with Crippen LogP contribution in [0.3, 0.4) is 0 Å². The summed E-state index contributed by atoms with van der Waals surface area (Å²) in [4.78, 5) is 26.1. The summed E-state index contributed by atoms with van der Waals surface area (Å²) in [5, 5.41) is 10.4. The third-order valence-electron chi connectivity index (χ3n) is 4.73. The molecule has 5 nitrogen and oxygen atoms in total. The van der Waals surface area contributed by atoms with E-state index in [1.54, 1.807) is 6.07 Å². The number of carboxylic acids is 1. The maximum absolute atomic E-state index is 11.5. The maximum Gasteiger partial charge on any atom is 0.336 e. The highest BCUT2D eigenvalue weighted by Gasteiger charge is 2.19. The highest BCUT2D eigenvalue weighted by molar-refractivity contribution is 5.98. The van der Waals surface area contributed by atoms with Crippen LogP contribution in [0.5, 0.6) is 0 Å². The van der Waals surface area contributed by atoms with Crippen LogP contribution in [0.1, 0.15) is 65.3 Å². The third-order valence-corrected chi connectivity index (χ3v) is 4.73. The van der Waals surface area contributed by atoms with E-state index < -0.39 is 5.97 Å². The second-order valence-corrected chi connectivity index (χ2v) is 6.41. The van der Waals surface area contributed by atoms with Gasteiger partial charge in [0.1, 0.15) is 0 Å². The van der Waals surface area contributed by atoms with Crippen molar-refractivity contribution in [3.8, 4) is 0 Å². The van der Waals surface area contributed by atoms with Crippen LogP contribution in [-0.2, 0) is 17.6 Å². The van der Waals surface area contributed by atoms with Crippen molar-refractivity contribution in [3.05, 3.63) is 34.0 Å². The van der Waals surface area contributed by atoms with Crippen LogP contribution >= 0.6 is 0 Å². The van der Waals surface area contributed by atoms with Gasteiger partial charge in [-0.25, -0.2) is 4.79 Å². The van der Waals surface area contributed by atoms with Gasteiger partial charge < -0.3 is 15.8 Å². The Morgan fingerprint density at radius 2 is 1.88 bits per heavy atom. The molecule has 0 atom stereocenters. The Kier molecular flexibility index (Phi) is 5.65. The molecular formula is C19H26N2O3. The molecule has 0 spiro atoms. The van der Waals surface area contributed by atoms with E-state index in [0.717, 1.165) is 59.0 Å². The number of carboxylic acid groups (broad SMARTS) is 1. The zero-order valence-corrected chi connectivity index (χ0v) is 14.7. The summed E-state index contributed by atoms with van der Waals surface area (Å²) in [7, 11) is 0. The van der Waals surface area contributed by atoms with Crippen LogP contribution in [0, 0.1) is 13.8 Å². The van der Waals surface area contributed by atoms with Gasteiger partial charge in [-0.15, -0.1) is 0 Å². The first kappa shape index (κ1) is 18.0. The van der Waals surface area contributed by atoms with E-state index >= 15 is 0 Å². The van der Waals surface area contributed by atoms with E-state index in [4.69, 9.17) is 5.73 Å². The lowest BCUT2D eigenvalue weighted by Crippen LogP contribution is -2.11. The Labute approximate surface area is 142 Å². The number of unbranched alkanes of at least 4 members (excludes halogenated alkanes) is 2. The van der Waals surface area contributed by atoms with Crippen molar-refractivity contribution in [2.75, 3.05) is 0 Å². The summed E-state index contributed by atoms with van der Waals surface area (Å²) in [5.41, 5.74) is 10.4. The van der Waals surface area contributed by atoms with E-state index in [-0.39, 0.29) is 5.91 Å². The number of aryl methyl sites for hydroxylation is 3. The summed E-state index contributed by atoms with van der Waals surface area (Å²) in [5.74, 6) is -1.24. The van der Waals surface area contributed by atoms with E-state index in [9.17, 15) is 14.7 Å². The molecule has 1 heterocycles. The molecule has 0 aliphatic rings. The number of benzene rings is 1. The Bertz CT molecular complexity index is 775. The quantitative estimate of drug-likeness (QED) is 0.645. The van der Waals surface area contributed by atoms with E-state index in [1.165, 1.54) is 0 Å². The number of hydrogen-bond acceptors (Lipinski definition) is 2. The molecule has 1 aromatic carbocycles. The van der Waals surface area contributed by atoms with Gasteiger partial charge in [-0.3, -0.25) is 4.79 Å². The molecule has 0 aliphatic heterocycles. The molecule has 5 heteroatoms. The molecule has 2 rings (SSSR count). The van der Waals surface area contributed by atoms with E-state index in [1.807, 2.05) is 13.8 Å². The Hall–Kier alpha value is -2.30. The highest BCUT2D eigenvalue weighted by Crippen LogP contribution is 2.32. The number of fused-ring (bicyclic) bond motifs is 1. The number of primary amides is 1. The second-order valence-electron chi connectivity index (χ2n) is 6.41. The molecule has 130 valence electrons. The van der Waals surface area contributed by atoms with Crippen LogP contribution < -0.4 is 5.73 Å². The minimum Gasteiger partial charge on any atom is -0.478 e. The molecule has 24 heavy (non-hydrogen) atoms. The van der Waals surface area contributed by atoms with Crippen LogP contribution in [0.25, 0.3) is 10.9 Å². The number of carbonyl (C=O) groups excluding carboxylic acids is 1. The van der Waals surface area contributed by atoms with Crippen molar-refractivity contribution in [2.24, 2.45) is 5.73 Å². The molecule has 1 amide bonds. The van der Waals surface area contributed by atoms with Crippen molar-refractivity contribution in [2.45, 2.75) is 59.3 Å². The Balaban J connectivity index is 2.57. The van der Waals surface area contributed by atoms with Crippen LogP contribution in [0.15, 0.2) is 6.07 Å². The summed E-state index contributed by atoms with van der Waals surface area (Å²) < 4.78 is 0. The number of hydrogen-bond donors (Lipinski definition) is 3. The first-order valence-corrected chi connectivity index (χ1v) is 8.52. The van der Waals surface area contributed by atoms with Crippen LogP contribution in [0.4, 0.5) is 0 Å². The lowest BCUT2D eigenvalue weighted by atomic mass is 9.94. The molecule has 0 fully saturated rings. The maximum atomic E-state index is 11.5. The molecule has 0 saturated carbocycles. The molecule has 2 aromatic rings. The SMILES string of the molecule is CCCCCc1[nH]c2cc(C(=O)O)c(C)c(C)c2c1CCC(N)=O. The summed E-state index contributed by atoms with van der Waals surface area (Å²) >= 11 is 0. The standard InChI is InChI=1S/C19H26N2O3/c1-4-5-6-7-15-13(8-9-17(20)22)18-12(3)11(2)14(19(23)24)10-16(18)21-15/h10,21H,4-9H2,1-3H3,(H2,20,22)(H,23,24). The van der Waals surface area contributed by atoms with Crippen molar-refractivity contribution in [1.29, 1.82) is 0 Å². The molecule has 0 bridgehead atoms. The molecular weight excluding hydrogens is 304 g/mol. The van der Waals surface area contributed by atoms with Crippen molar-refractivity contribution >= 4 is 22.8 Å². The molecule has 0 unspecified atom stereocenters. The fourth-order valence-electron chi connectivity index (χ4n) is 3.30. The number of H-pyrrole nitrogens is 1. The number of rotatable bonds is 8. The normalized spacial score (nSPS) is 11.1. The summed E-state index contributed by atoms with van der Waals surface area (Å²) in [6.07, 6.45) is 5.13. The van der Waals surface area contributed by atoms with Gasteiger partial charge >= 0.3 is 5.97 Å². The van der Waals surface area contributed by atoms with Gasteiger partial charge in [0.15, 0.2) is 0 Å². The number of aromatic nitrogens is 1. The lowest BCUT2D eigenvalue weighted by Gasteiger charge is -2.09.